The zero-order valence-electron chi connectivity index (χ0n) is 12.7. The van der Waals surface area contributed by atoms with E-state index in [2.05, 4.69) is 12.1 Å². The Morgan fingerprint density at radius 3 is 2.91 bits per heavy atom. The van der Waals surface area contributed by atoms with Gasteiger partial charge in [-0.05, 0) is 49.1 Å². The molecule has 0 radical (unpaired) electrons. The van der Waals surface area contributed by atoms with Gasteiger partial charge in [0.05, 0.1) is 0 Å². The third kappa shape index (κ3) is 2.27. The second-order valence-electron chi connectivity index (χ2n) is 5.84. The van der Waals surface area contributed by atoms with Gasteiger partial charge in [-0.15, -0.1) is 0 Å². The summed E-state index contributed by atoms with van der Waals surface area (Å²) in [6, 6.07) is 13.6. The molecule has 1 heterocycles. The van der Waals surface area contributed by atoms with Crippen LogP contribution in [0.1, 0.15) is 39.8 Å². The van der Waals surface area contributed by atoms with Crippen LogP contribution in [0, 0.1) is 6.92 Å². The van der Waals surface area contributed by atoms with Crippen LogP contribution in [0.15, 0.2) is 46.9 Å². The number of benzene rings is 2. The van der Waals surface area contributed by atoms with Gasteiger partial charge >= 0.3 is 5.97 Å². The maximum atomic E-state index is 11.4. The molecule has 0 fully saturated rings. The molecule has 1 aliphatic rings. The molecule has 23 heavy (non-hydrogen) atoms. The van der Waals surface area contributed by atoms with Crippen molar-refractivity contribution in [1.82, 2.24) is 0 Å². The van der Waals surface area contributed by atoms with Crippen LogP contribution in [0.4, 0.5) is 0 Å². The van der Waals surface area contributed by atoms with E-state index in [0.717, 1.165) is 12.8 Å². The SMILES string of the molecule is Cc1oc2ccc(OC3CCc4ccccc43)cc2c1C(=O)O. The summed E-state index contributed by atoms with van der Waals surface area (Å²) in [5.74, 6) is 0.1000. The quantitative estimate of drug-likeness (QED) is 0.773. The van der Waals surface area contributed by atoms with Crippen molar-refractivity contribution in [3.05, 3.63) is 64.9 Å². The highest BCUT2D eigenvalue weighted by Gasteiger charge is 2.24. The number of aryl methyl sites for hydroxylation is 2. The van der Waals surface area contributed by atoms with Gasteiger partial charge < -0.3 is 14.3 Å². The van der Waals surface area contributed by atoms with Crippen LogP contribution in [0.25, 0.3) is 11.0 Å². The molecule has 4 heteroatoms. The molecule has 1 atom stereocenters. The van der Waals surface area contributed by atoms with Gasteiger partial charge in [0.1, 0.15) is 28.8 Å². The Bertz CT molecular complexity index is 907. The van der Waals surface area contributed by atoms with Crippen molar-refractivity contribution in [2.24, 2.45) is 0 Å². The Balaban J connectivity index is 1.71. The number of carboxylic acids is 1. The molecule has 0 saturated heterocycles. The molecule has 3 aromatic rings. The number of hydrogen-bond donors (Lipinski definition) is 1. The van der Waals surface area contributed by atoms with Gasteiger partial charge in [-0.2, -0.15) is 0 Å². The monoisotopic (exact) mass is 308 g/mol. The van der Waals surface area contributed by atoms with Gasteiger partial charge in [0, 0.05) is 5.39 Å². The first kappa shape index (κ1) is 13.9. The summed E-state index contributed by atoms with van der Waals surface area (Å²) in [4.78, 5) is 11.4. The van der Waals surface area contributed by atoms with Crippen LogP contribution in [-0.2, 0) is 6.42 Å². The second-order valence-corrected chi connectivity index (χ2v) is 5.84. The molecule has 0 bridgehead atoms. The molecule has 1 aliphatic carbocycles. The molecular formula is C19H16O4. The molecule has 0 saturated carbocycles. The van der Waals surface area contributed by atoms with Crippen LogP contribution >= 0.6 is 0 Å². The van der Waals surface area contributed by atoms with Crippen LogP contribution in [-0.4, -0.2) is 11.1 Å². The lowest BCUT2D eigenvalue weighted by atomic mass is 10.1. The molecule has 1 aromatic heterocycles. The number of furan rings is 1. The predicted octanol–water partition coefficient (Wildman–Crippen LogP) is 4.51. The third-order valence-corrected chi connectivity index (χ3v) is 4.41. The third-order valence-electron chi connectivity index (χ3n) is 4.41. The van der Waals surface area contributed by atoms with Gasteiger partial charge in [-0.1, -0.05) is 24.3 Å². The summed E-state index contributed by atoms with van der Waals surface area (Å²) in [5.41, 5.74) is 3.31. The fourth-order valence-electron chi connectivity index (χ4n) is 3.34. The van der Waals surface area contributed by atoms with Crippen molar-refractivity contribution in [1.29, 1.82) is 0 Å². The highest BCUT2D eigenvalue weighted by Crippen LogP contribution is 2.36. The number of rotatable bonds is 3. The van der Waals surface area contributed by atoms with E-state index in [-0.39, 0.29) is 11.7 Å². The number of fused-ring (bicyclic) bond motifs is 2. The highest BCUT2D eigenvalue weighted by atomic mass is 16.5. The van der Waals surface area contributed by atoms with E-state index in [1.807, 2.05) is 18.2 Å². The average Bonchev–Trinajstić information content (AvgIpc) is 3.07. The molecular weight excluding hydrogens is 292 g/mol. The standard InChI is InChI=1S/C19H16O4/c1-11-18(19(20)21)15-10-13(7-9-17(15)22-11)23-16-8-6-12-4-2-3-5-14(12)16/h2-5,7,9-10,16H,6,8H2,1H3,(H,20,21). The van der Waals surface area contributed by atoms with Crippen molar-refractivity contribution in [2.75, 3.05) is 0 Å². The Kier molecular flexibility index (Phi) is 3.11. The van der Waals surface area contributed by atoms with Gasteiger partial charge in [0.15, 0.2) is 0 Å². The maximum Gasteiger partial charge on any atom is 0.339 e. The van der Waals surface area contributed by atoms with Gasteiger partial charge in [-0.3, -0.25) is 0 Å². The molecule has 116 valence electrons. The first-order valence-electron chi connectivity index (χ1n) is 7.64. The van der Waals surface area contributed by atoms with Crippen molar-refractivity contribution in [2.45, 2.75) is 25.9 Å². The first-order valence-corrected chi connectivity index (χ1v) is 7.64. The number of ether oxygens (including phenoxy) is 1. The van der Waals surface area contributed by atoms with Crippen LogP contribution in [0.2, 0.25) is 0 Å². The summed E-state index contributed by atoms with van der Waals surface area (Å²) in [6.07, 6.45) is 1.96. The molecule has 2 aromatic carbocycles. The zero-order chi connectivity index (χ0) is 16.0. The second kappa shape index (κ2) is 5.16. The van der Waals surface area contributed by atoms with Crippen LogP contribution in [0.5, 0.6) is 5.75 Å². The van der Waals surface area contributed by atoms with E-state index in [1.54, 1.807) is 19.1 Å². The first-order chi connectivity index (χ1) is 11.1. The zero-order valence-corrected chi connectivity index (χ0v) is 12.7. The van der Waals surface area contributed by atoms with Gasteiger partial charge in [-0.25, -0.2) is 4.79 Å². The van der Waals surface area contributed by atoms with E-state index >= 15 is 0 Å². The maximum absolute atomic E-state index is 11.4. The molecule has 0 spiro atoms. The Labute approximate surface area is 133 Å². The molecule has 1 N–H and O–H groups in total. The van der Waals surface area contributed by atoms with E-state index < -0.39 is 5.97 Å². The lowest BCUT2D eigenvalue weighted by molar-refractivity contribution is 0.0697. The minimum absolute atomic E-state index is 0.0185. The number of hydrogen-bond acceptors (Lipinski definition) is 3. The summed E-state index contributed by atoms with van der Waals surface area (Å²) >= 11 is 0. The van der Waals surface area contributed by atoms with Crippen molar-refractivity contribution in [3.63, 3.8) is 0 Å². The largest absolute Gasteiger partial charge is 0.486 e. The van der Waals surface area contributed by atoms with Crippen LogP contribution in [0.3, 0.4) is 0 Å². The average molecular weight is 308 g/mol. The molecule has 0 aliphatic heterocycles. The molecule has 0 amide bonds. The number of carboxylic acid groups (broad SMARTS) is 1. The lowest BCUT2D eigenvalue weighted by Gasteiger charge is -2.15. The molecule has 4 nitrogen and oxygen atoms in total. The van der Waals surface area contributed by atoms with E-state index in [4.69, 9.17) is 9.15 Å². The fourth-order valence-corrected chi connectivity index (χ4v) is 3.34. The van der Waals surface area contributed by atoms with Crippen LogP contribution < -0.4 is 4.74 Å². The summed E-state index contributed by atoms with van der Waals surface area (Å²) in [5, 5.41) is 9.94. The van der Waals surface area contributed by atoms with E-state index in [1.165, 1.54) is 11.1 Å². The minimum Gasteiger partial charge on any atom is -0.486 e. The number of aromatic carboxylic acids is 1. The molecule has 4 rings (SSSR count). The van der Waals surface area contributed by atoms with Crippen molar-refractivity contribution >= 4 is 16.9 Å². The van der Waals surface area contributed by atoms with Crippen molar-refractivity contribution < 1.29 is 19.1 Å². The molecule has 1 unspecified atom stereocenters. The topological polar surface area (TPSA) is 59.7 Å². The summed E-state index contributed by atoms with van der Waals surface area (Å²) in [7, 11) is 0. The van der Waals surface area contributed by atoms with Gasteiger partial charge in [0.25, 0.3) is 0 Å². The van der Waals surface area contributed by atoms with E-state index in [9.17, 15) is 9.90 Å². The van der Waals surface area contributed by atoms with E-state index in [0.29, 0.717) is 22.5 Å². The Morgan fingerprint density at radius 1 is 1.26 bits per heavy atom. The van der Waals surface area contributed by atoms with Crippen molar-refractivity contribution in [3.8, 4) is 5.75 Å². The fraction of sp³-hybridized carbons (Fsp3) is 0.211. The Hall–Kier alpha value is -2.75. The normalized spacial score (nSPS) is 16.5. The summed E-state index contributed by atoms with van der Waals surface area (Å²) in [6.45, 7) is 1.66. The lowest BCUT2D eigenvalue weighted by Crippen LogP contribution is -2.03. The van der Waals surface area contributed by atoms with Gasteiger partial charge in [0.2, 0.25) is 0 Å². The smallest absolute Gasteiger partial charge is 0.339 e. The Morgan fingerprint density at radius 2 is 2.09 bits per heavy atom. The minimum atomic E-state index is -0.982. The number of carbonyl (C=O) groups is 1. The summed E-state index contributed by atoms with van der Waals surface area (Å²) < 4.78 is 11.6. The predicted molar refractivity (Wildman–Crippen MR) is 86.0 cm³/mol. The highest BCUT2D eigenvalue weighted by molar-refractivity contribution is 6.03.